The van der Waals surface area contributed by atoms with E-state index in [1.54, 1.807) is 0 Å². The zero-order valence-electron chi connectivity index (χ0n) is 21.1. The Morgan fingerprint density at radius 2 is 1.71 bits per heavy atom. The van der Waals surface area contributed by atoms with Crippen molar-refractivity contribution in [2.75, 3.05) is 12.3 Å². The first-order valence-corrected chi connectivity index (χ1v) is 15.0. The number of carbonyl (C=O) groups excluding carboxylic acids is 1. The van der Waals surface area contributed by atoms with Crippen LogP contribution in [-0.2, 0) is 14.9 Å². The first-order valence-electron chi connectivity index (χ1n) is 13.4. The summed E-state index contributed by atoms with van der Waals surface area (Å²) < 4.78 is 30.5. The van der Waals surface area contributed by atoms with Crippen LogP contribution in [0.25, 0.3) is 0 Å². The van der Waals surface area contributed by atoms with Gasteiger partial charge in [0.2, 0.25) is 5.91 Å². The number of aliphatic hydroxyl groups excluding tert-OH is 2. The van der Waals surface area contributed by atoms with Crippen molar-refractivity contribution in [3.05, 3.63) is 0 Å². The molecule has 34 heavy (non-hydrogen) atoms. The van der Waals surface area contributed by atoms with E-state index in [1.807, 2.05) is 0 Å². The number of fused-ring (bicyclic) bond motifs is 5. The summed E-state index contributed by atoms with van der Waals surface area (Å²) in [5.41, 5.74) is 0.411. The summed E-state index contributed by atoms with van der Waals surface area (Å²) in [6, 6.07) is 0. The number of rotatable bonds is 7. The highest BCUT2D eigenvalue weighted by Crippen LogP contribution is 2.68. The summed E-state index contributed by atoms with van der Waals surface area (Å²) in [7, 11) is -4.06. The smallest absolute Gasteiger partial charge is 0.266 e. The van der Waals surface area contributed by atoms with Crippen molar-refractivity contribution in [3.63, 3.8) is 0 Å². The third kappa shape index (κ3) is 4.94. The summed E-state index contributed by atoms with van der Waals surface area (Å²) in [6.07, 6.45) is 8.87. The lowest BCUT2D eigenvalue weighted by atomic mass is 9.43. The van der Waals surface area contributed by atoms with Crippen molar-refractivity contribution in [1.82, 2.24) is 5.32 Å². The molecule has 0 spiro atoms. The third-order valence-electron chi connectivity index (χ3n) is 10.9. The Labute approximate surface area is 205 Å². The van der Waals surface area contributed by atoms with Crippen LogP contribution in [0, 0.1) is 46.3 Å². The molecule has 4 aliphatic rings. The normalized spacial score (nSPS) is 45.1. The fraction of sp³-hybridized carbons (Fsp3) is 0.962. The molecule has 0 aromatic rings. The molecule has 0 saturated heterocycles. The standard InChI is InChI=1S/C26H45NO6S/c1-16(4-7-23(30)27-12-13-34(31,32)33)19-5-6-20-24-21(9-11-26(19,20)3)25(2)10-8-18(28)14-17(25)15-22(24)29/h16-22,24,28-29H,4-15H2,1-3H3,(H,27,30)(H,31,32,33)/t16-,17?,18-,19-,20+,21+,22?,24?,25+,26-/m1/s1. The van der Waals surface area contributed by atoms with Crippen LogP contribution in [0.15, 0.2) is 0 Å². The van der Waals surface area contributed by atoms with E-state index in [2.05, 4.69) is 26.1 Å². The molecule has 0 aromatic carbocycles. The van der Waals surface area contributed by atoms with Crippen LogP contribution in [-0.4, -0.2) is 53.6 Å². The van der Waals surface area contributed by atoms with Crippen LogP contribution >= 0.6 is 0 Å². The molecule has 1 amide bonds. The van der Waals surface area contributed by atoms with Crippen LogP contribution in [0.3, 0.4) is 0 Å². The first-order chi connectivity index (χ1) is 15.8. The molecule has 0 aromatic heterocycles. The molecular weight excluding hydrogens is 454 g/mol. The van der Waals surface area contributed by atoms with Gasteiger partial charge < -0.3 is 15.5 Å². The molecule has 0 bridgehead atoms. The van der Waals surface area contributed by atoms with Crippen molar-refractivity contribution in [1.29, 1.82) is 0 Å². The molecule has 4 N–H and O–H groups in total. The van der Waals surface area contributed by atoms with Gasteiger partial charge in [0.05, 0.1) is 18.0 Å². The number of aliphatic hydroxyl groups is 2. The Morgan fingerprint density at radius 1 is 1.03 bits per heavy atom. The molecule has 4 saturated carbocycles. The highest BCUT2D eigenvalue weighted by atomic mass is 32.2. The Hall–Kier alpha value is -0.700. The monoisotopic (exact) mass is 499 g/mol. The molecule has 4 aliphatic carbocycles. The molecule has 3 unspecified atom stereocenters. The minimum Gasteiger partial charge on any atom is -0.393 e. The Morgan fingerprint density at radius 3 is 2.41 bits per heavy atom. The minimum atomic E-state index is -4.06. The van der Waals surface area contributed by atoms with Crippen LogP contribution in [0.1, 0.15) is 85.0 Å². The number of nitrogens with one attached hydrogen (secondary N) is 1. The van der Waals surface area contributed by atoms with Gasteiger partial charge >= 0.3 is 0 Å². The summed E-state index contributed by atoms with van der Waals surface area (Å²) >= 11 is 0. The van der Waals surface area contributed by atoms with E-state index in [9.17, 15) is 23.4 Å². The summed E-state index contributed by atoms with van der Waals surface area (Å²) in [5.74, 6) is 2.10. The number of carbonyl (C=O) groups is 1. The second-order valence-electron chi connectivity index (χ2n) is 12.6. The van der Waals surface area contributed by atoms with E-state index in [0.717, 1.165) is 51.4 Å². The molecule has 8 heteroatoms. The van der Waals surface area contributed by atoms with E-state index < -0.39 is 15.9 Å². The van der Waals surface area contributed by atoms with Crippen molar-refractivity contribution >= 4 is 16.0 Å². The molecular formula is C26H45NO6S. The summed E-state index contributed by atoms with van der Waals surface area (Å²) in [5, 5.41) is 24.2. The predicted molar refractivity (Wildman–Crippen MR) is 130 cm³/mol. The highest BCUT2D eigenvalue weighted by Gasteiger charge is 2.62. The van der Waals surface area contributed by atoms with Gasteiger partial charge in [0.15, 0.2) is 0 Å². The Balaban J connectivity index is 1.39. The lowest BCUT2D eigenvalue weighted by molar-refractivity contribution is -0.174. The molecule has 196 valence electrons. The molecule has 0 heterocycles. The van der Waals surface area contributed by atoms with Crippen LogP contribution in [0.2, 0.25) is 0 Å². The maximum atomic E-state index is 12.2. The van der Waals surface area contributed by atoms with Gasteiger partial charge in [-0.25, -0.2) is 0 Å². The highest BCUT2D eigenvalue weighted by molar-refractivity contribution is 7.85. The molecule has 0 radical (unpaired) electrons. The maximum absolute atomic E-state index is 12.2. The largest absolute Gasteiger partial charge is 0.393 e. The van der Waals surface area contributed by atoms with Crippen molar-refractivity contribution in [2.45, 2.75) is 97.2 Å². The quantitative estimate of drug-likeness (QED) is 0.398. The van der Waals surface area contributed by atoms with E-state index in [1.165, 1.54) is 6.42 Å². The van der Waals surface area contributed by atoms with Gasteiger partial charge in [-0.05, 0) is 104 Å². The van der Waals surface area contributed by atoms with E-state index >= 15 is 0 Å². The predicted octanol–water partition coefficient (Wildman–Crippen LogP) is 3.40. The van der Waals surface area contributed by atoms with E-state index in [4.69, 9.17) is 4.55 Å². The van der Waals surface area contributed by atoms with Gasteiger partial charge in [-0.3, -0.25) is 9.35 Å². The van der Waals surface area contributed by atoms with Crippen molar-refractivity contribution < 1.29 is 28.0 Å². The minimum absolute atomic E-state index is 0.0625. The molecule has 10 atom stereocenters. The molecule has 7 nitrogen and oxygen atoms in total. The number of hydrogen-bond donors (Lipinski definition) is 4. The Kier molecular flexibility index (Phi) is 7.47. The summed E-state index contributed by atoms with van der Waals surface area (Å²) in [4.78, 5) is 12.2. The zero-order valence-corrected chi connectivity index (χ0v) is 21.9. The van der Waals surface area contributed by atoms with Crippen LogP contribution < -0.4 is 5.32 Å². The van der Waals surface area contributed by atoms with Gasteiger partial charge in [0.1, 0.15) is 0 Å². The molecule has 0 aliphatic heterocycles. The number of amides is 1. The van der Waals surface area contributed by atoms with E-state index in [0.29, 0.717) is 41.9 Å². The average molecular weight is 500 g/mol. The topological polar surface area (TPSA) is 124 Å². The fourth-order valence-electron chi connectivity index (χ4n) is 9.14. The fourth-order valence-corrected chi connectivity index (χ4v) is 9.50. The van der Waals surface area contributed by atoms with Crippen LogP contribution in [0.4, 0.5) is 0 Å². The molecule has 4 fully saturated rings. The lowest BCUT2D eigenvalue weighted by Gasteiger charge is -2.62. The maximum Gasteiger partial charge on any atom is 0.266 e. The Bertz CT molecular complexity index is 863. The zero-order chi connectivity index (χ0) is 24.9. The summed E-state index contributed by atoms with van der Waals surface area (Å²) in [6.45, 7) is 7.05. The first kappa shape index (κ1) is 26.4. The second kappa shape index (κ2) is 9.64. The van der Waals surface area contributed by atoms with Gasteiger partial charge in [0.25, 0.3) is 10.1 Å². The van der Waals surface area contributed by atoms with Crippen LogP contribution in [0.5, 0.6) is 0 Å². The lowest BCUT2D eigenvalue weighted by Crippen LogP contribution is -2.58. The van der Waals surface area contributed by atoms with E-state index in [-0.39, 0.29) is 35.5 Å². The van der Waals surface area contributed by atoms with Gasteiger partial charge in [-0.15, -0.1) is 0 Å². The second-order valence-corrected chi connectivity index (χ2v) is 14.2. The van der Waals surface area contributed by atoms with Crippen molar-refractivity contribution in [2.24, 2.45) is 46.3 Å². The van der Waals surface area contributed by atoms with Gasteiger partial charge in [-0.1, -0.05) is 20.8 Å². The average Bonchev–Trinajstić information content (AvgIpc) is 3.09. The third-order valence-corrected chi connectivity index (χ3v) is 11.6. The number of hydrogen-bond acceptors (Lipinski definition) is 5. The van der Waals surface area contributed by atoms with Gasteiger partial charge in [-0.2, -0.15) is 8.42 Å². The van der Waals surface area contributed by atoms with Crippen molar-refractivity contribution in [3.8, 4) is 0 Å². The SMILES string of the molecule is C[C@H](CCC(=O)NCCS(=O)(=O)O)[C@H]1CC[C@H]2C3C(O)CC4C[C@H](O)CC[C@]4(C)[C@H]3CC[C@]12C. The van der Waals surface area contributed by atoms with Gasteiger partial charge in [0, 0.05) is 13.0 Å². The molecule has 4 rings (SSSR count).